The Balaban J connectivity index is 1.13. The molecule has 10 heteroatoms. The molecule has 0 radical (unpaired) electrons. The van der Waals surface area contributed by atoms with Crippen molar-refractivity contribution in [3.8, 4) is 10.9 Å². The molecule has 2 aromatic carbocycles. The Morgan fingerprint density at radius 2 is 1.84 bits per heavy atom. The molecular formula is C28H31ClN6O2S. The van der Waals surface area contributed by atoms with Gasteiger partial charge in [0, 0.05) is 48.2 Å². The third-order valence-electron chi connectivity index (χ3n) is 6.57. The molecule has 3 heterocycles. The van der Waals surface area contributed by atoms with Crippen LogP contribution >= 0.6 is 22.9 Å². The summed E-state index contributed by atoms with van der Waals surface area (Å²) in [6.07, 6.45) is 3.59. The molecule has 0 bridgehead atoms. The topological polar surface area (TPSA) is 84.3 Å². The molecule has 1 amide bonds. The van der Waals surface area contributed by atoms with E-state index in [1.54, 1.807) is 11.3 Å². The monoisotopic (exact) mass is 550 g/mol. The van der Waals surface area contributed by atoms with Crippen LogP contribution in [0.15, 0.2) is 66.9 Å². The van der Waals surface area contributed by atoms with Gasteiger partial charge in [-0.05, 0) is 73.9 Å². The number of aromatic nitrogens is 3. The Morgan fingerprint density at radius 3 is 2.61 bits per heavy atom. The van der Waals surface area contributed by atoms with Crippen molar-refractivity contribution in [3.05, 3.63) is 83.1 Å². The zero-order chi connectivity index (χ0) is 26.3. The van der Waals surface area contributed by atoms with E-state index in [9.17, 15) is 4.79 Å². The Morgan fingerprint density at radius 1 is 1.05 bits per heavy atom. The minimum absolute atomic E-state index is 0.00236. The van der Waals surface area contributed by atoms with Crippen molar-refractivity contribution < 1.29 is 9.53 Å². The average molecular weight is 551 g/mol. The average Bonchev–Trinajstić information content (AvgIpc) is 3.61. The van der Waals surface area contributed by atoms with Crippen LogP contribution in [0.3, 0.4) is 0 Å². The standard InChI is InChI=1S/C28H31ClN6O2S/c1-2-37-25-10-8-23(9-11-25)30-19-24-7-4-14-35(24)28-33-32-27(38-28)34-15-12-21(13-16-34)26(36)31-18-20-5-3-6-22(29)17-20/h3-11,14,17,21,30H,2,12-13,15-16,18-19H2,1H3,(H,31,36). The second kappa shape index (κ2) is 12.3. The molecule has 0 aliphatic carbocycles. The molecule has 4 aromatic rings. The predicted octanol–water partition coefficient (Wildman–Crippen LogP) is 5.53. The lowest BCUT2D eigenvalue weighted by atomic mass is 9.96. The molecule has 0 atom stereocenters. The summed E-state index contributed by atoms with van der Waals surface area (Å²) in [4.78, 5) is 14.9. The molecule has 0 saturated carbocycles. The minimum Gasteiger partial charge on any atom is -0.494 e. The number of amides is 1. The molecule has 198 valence electrons. The fraction of sp³-hybridized carbons (Fsp3) is 0.321. The summed E-state index contributed by atoms with van der Waals surface area (Å²) in [5.74, 6) is 0.965. The number of carbonyl (C=O) groups excluding carboxylic acids is 1. The molecule has 0 unspecified atom stereocenters. The van der Waals surface area contributed by atoms with Crippen molar-refractivity contribution in [2.75, 3.05) is 29.9 Å². The van der Waals surface area contributed by atoms with Gasteiger partial charge in [0.25, 0.3) is 0 Å². The van der Waals surface area contributed by atoms with E-state index in [4.69, 9.17) is 16.3 Å². The van der Waals surface area contributed by atoms with Gasteiger partial charge in [-0.15, -0.1) is 10.2 Å². The Bertz CT molecular complexity index is 1350. The Kier molecular flexibility index (Phi) is 8.45. The molecule has 1 saturated heterocycles. The summed E-state index contributed by atoms with van der Waals surface area (Å²) < 4.78 is 7.58. The first-order chi connectivity index (χ1) is 18.6. The maximum absolute atomic E-state index is 12.7. The predicted molar refractivity (Wildman–Crippen MR) is 152 cm³/mol. The van der Waals surface area contributed by atoms with E-state index in [0.29, 0.717) is 24.7 Å². The number of anilines is 2. The zero-order valence-electron chi connectivity index (χ0n) is 21.3. The van der Waals surface area contributed by atoms with Crippen molar-refractivity contribution in [2.24, 2.45) is 5.92 Å². The number of hydrogen-bond acceptors (Lipinski definition) is 7. The lowest BCUT2D eigenvalue weighted by Gasteiger charge is -2.30. The van der Waals surface area contributed by atoms with Gasteiger partial charge in [0.05, 0.1) is 13.2 Å². The Hall–Kier alpha value is -3.56. The molecule has 1 fully saturated rings. The summed E-state index contributed by atoms with van der Waals surface area (Å²) in [5.41, 5.74) is 3.12. The van der Waals surface area contributed by atoms with Gasteiger partial charge >= 0.3 is 0 Å². The molecule has 5 rings (SSSR count). The highest BCUT2D eigenvalue weighted by molar-refractivity contribution is 7.17. The van der Waals surface area contributed by atoms with Crippen molar-refractivity contribution in [1.29, 1.82) is 0 Å². The van der Waals surface area contributed by atoms with Gasteiger partial charge in [-0.1, -0.05) is 35.1 Å². The Labute approximate surface area is 231 Å². The molecule has 0 spiro atoms. The number of benzene rings is 2. The fourth-order valence-corrected chi connectivity index (χ4v) is 5.65. The highest BCUT2D eigenvalue weighted by atomic mass is 35.5. The third-order valence-corrected chi connectivity index (χ3v) is 7.79. The van der Waals surface area contributed by atoms with Crippen LogP contribution < -0.4 is 20.3 Å². The number of carbonyl (C=O) groups is 1. The van der Waals surface area contributed by atoms with Gasteiger partial charge in [0.15, 0.2) is 0 Å². The number of piperidine rings is 1. The van der Waals surface area contributed by atoms with Gasteiger partial charge in [-0.25, -0.2) is 0 Å². The molecule has 38 heavy (non-hydrogen) atoms. The SMILES string of the molecule is CCOc1ccc(NCc2cccn2-c2nnc(N3CCC(C(=O)NCc4cccc(Cl)c4)CC3)s2)cc1. The van der Waals surface area contributed by atoms with Crippen LogP contribution in [0, 0.1) is 5.92 Å². The van der Waals surface area contributed by atoms with Crippen molar-refractivity contribution >= 4 is 39.7 Å². The van der Waals surface area contributed by atoms with E-state index in [1.165, 1.54) is 0 Å². The molecular weight excluding hydrogens is 520 g/mol. The molecule has 2 N–H and O–H groups in total. The highest BCUT2D eigenvalue weighted by Gasteiger charge is 2.26. The smallest absolute Gasteiger partial charge is 0.223 e. The largest absolute Gasteiger partial charge is 0.494 e. The second-order valence-electron chi connectivity index (χ2n) is 9.16. The number of rotatable bonds is 10. The molecule has 8 nitrogen and oxygen atoms in total. The number of nitrogens with zero attached hydrogens (tertiary/aromatic N) is 4. The van der Waals surface area contributed by atoms with Gasteiger partial charge in [0.1, 0.15) is 5.75 Å². The van der Waals surface area contributed by atoms with Crippen LogP contribution in [0.2, 0.25) is 5.02 Å². The summed E-state index contributed by atoms with van der Waals surface area (Å²) >= 11 is 7.61. The first-order valence-electron chi connectivity index (χ1n) is 12.8. The van der Waals surface area contributed by atoms with Crippen molar-refractivity contribution in [2.45, 2.75) is 32.9 Å². The van der Waals surface area contributed by atoms with Crippen LogP contribution in [-0.4, -0.2) is 40.4 Å². The van der Waals surface area contributed by atoms with Crippen molar-refractivity contribution in [3.63, 3.8) is 0 Å². The number of nitrogens with one attached hydrogen (secondary N) is 2. The first-order valence-corrected chi connectivity index (χ1v) is 14.0. The lowest BCUT2D eigenvalue weighted by molar-refractivity contribution is -0.125. The van der Waals surface area contributed by atoms with E-state index in [2.05, 4.69) is 36.4 Å². The first kappa shape index (κ1) is 26.1. The molecule has 1 aliphatic heterocycles. The maximum atomic E-state index is 12.7. The minimum atomic E-state index is 0.00236. The van der Waals surface area contributed by atoms with Gasteiger partial charge in [-0.3, -0.25) is 9.36 Å². The van der Waals surface area contributed by atoms with Crippen LogP contribution in [0.25, 0.3) is 5.13 Å². The quantitative estimate of drug-likeness (QED) is 0.270. The van der Waals surface area contributed by atoms with Crippen LogP contribution in [0.5, 0.6) is 5.75 Å². The third kappa shape index (κ3) is 6.46. The molecule has 1 aliphatic rings. The number of halogens is 1. The van der Waals surface area contributed by atoms with Gasteiger partial charge in [-0.2, -0.15) is 0 Å². The van der Waals surface area contributed by atoms with E-state index in [0.717, 1.165) is 58.9 Å². The summed E-state index contributed by atoms with van der Waals surface area (Å²) in [6, 6.07) is 19.6. The van der Waals surface area contributed by atoms with E-state index < -0.39 is 0 Å². The van der Waals surface area contributed by atoms with Crippen molar-refractivity contribution in [1.82, 2.24) is 20.1 Å². The van der Waals surface area contributed by atoms with Crippen LogP contribution in [0.1, 0.15) is 31.0 Å². The second-order valence-corrected chi connectivity index (χ2v) is 10.5. The van der Waals surface area contributed by atoms with Crippen LogP contribution in [0.4, 0.5) is 10.8 Å². The van der Waals surface area contributed by atoms with Crippen LogP contribution in [-0.2, 0) is 17.9 Å². The summed E-state index contributed by atoms with van der Waals surface area (Å²) in [6.45, 7) is 5.34. The van der Waals surface area contributed by atoms with E-state index in [1.807, 2.05) is 67.7 Å². The lowest BCUT2D eigenvalue weighted by Crippen LogP contribution is -2.40. The summed E-state index contributed by atoms with van der Waals surface area (Å²) in [7, 11) is 0. The van der Waals surface area contributed by atoms with Gasteiger partial charge < -0.3 is 20.3 Å². The fourth-order valence-electron chi connectivity index (χ4n) is 4.52. The maximum Gasteiger partial charge on any atom is 0.223 e. The van der Waals surface area contributed by atoms with E-state index >= 15 is 0 Å². The normalized spacial score (nSPS) is 13.9. The number of ether oxygens (including phenoxy) is 1. The summed E-state index contributed by atoms with van der Waals surface area (Å²) in [5, 5.41) is 17.8. The molecule has 2 aromatic heterocycles. The highest BCUT2D eigenvalue weighted by Crippen LogP contribution is 2.29. The number of hydrogen-bond donors (Lipinski definition) is 2. The van der Waals surface area contributed by atoms with E-state index in [-0.39, 0.29) is 11.8 Å². The van der Waals surface area contributed by atoms with Gasteiger partial charge in [0.2, 0.25) is 16.2 Å². The zero-order valence-corrected chi connectivity index (χ0v) is 22.8.